The summed E-state index contributed by atoms with van der Waals surface area (Å²) in [7, 11) is 0. The first-order chi connectivity index (χ1) is 37.4. The van der Waals surface area contributed by atoms with E-state index in [0.29, 0.717) is 55.5 Å². The molecular formula is C59H75F3N6O9. The summed E-state index contributed by atoms with van der Waals surface area (Å²) >= 11 is 0. The van der Waals surface area contributed by atoms with E-state index in [-0.39, 0.29) is 103 Å². The van der Waals surface area contributed by atoms with E-state index >= 15 is 8.78 Å². The van der Waals surface area contributed by atoms with Crippen molar-refractivity contribution in [3.63, 3.8) is 0 Å². The summed E-state index contributed by atoms with van der Waals surface area (Å²) in [6.07, 6.45) is 21.2. The van der Waals surface area contributed by atoms with Crippen molar-refractivity contribution in [2.24, 2.45) is 0 Å². The van der Waals surface area contributed by atoms with Gasteiger partial charge in [0.15, 0.2) is 11.9 Å². The van der Waals surface area contributed by atoms with E-state index in [1.165, 1.54) is 30.5 Å². The van der Waals surface area contributed by atoms with Crippen LogP contribution in [-0.2, 0) is 33.4 Å². The number of rotatable bonds is 29. The molecule has 0 spiro atoms. The van der Waals surface area contributed by atoms with Crippen LogP contribution in [0.25, 0.3) is 32.9 Å². The Labute approximate surface area is 450 Å². The molecule has 77 heavy (non-hydrogen) atoms. The molecule has 15 nitrogen and oxygen atoms in total. The zero-order valence-corrected chi connectivity index (χ0v) is 44.8. The average molecular weight is 1070 g/mol. The number of fused-ring (bicyclic) bond motifs is 5. The van der Waals surface area contributed by atoms with Gasteiger partial charge in [0.1, 0.15) is 54.6 Å². The third-order valence-corrected chi connectivity index (χ3v) is 15.5. The first kappa shape index (κ1) is 57.1. The van der Waals surface area contributed by atoms with Crippen molar-refractivity contribution in [2.75, 3.05) is 50.9 Å². The van der Waals surface area contributed by atoms with Crippen LogP contribution in [0.4, 0.5) is 19.0 Å². The minimum atomic E-state index is -1.05. The van der Waals surface area contributed by atoms with E-state index in [2.05, 4.69) is 44.9 Å². The maximum Gasteiger partial charge on any atom is 0.319 e. The van der Waals surface area contributed by atoms with Crippen LogP contribution in [0, 0.1) is 24.0 Å². The number of nitrogens with one attached hydrogen (secondary N) is 1. The highest BCUT2D eigenvalue weighted by Gasteiger charge is 2.49. The summed E-state index contributed by atoms with van der Waals surface area (Å²) in [5, 5.41) is 4.44. The largest absolute Gasteiger partial charge is 0.462 e. The van der Waals surface area contributed by atoms with Crippen molar-refractivity contribution < 1.29 is 56.0 Å². The van der Waals surface area contributed by atoms with Crippen LogP contribution in [0.15, 0.2) is 30.5 Å². The van der Waals surface area contributed by atoms with Crippen LogP contribution in [0.5, 0.6) is 11.8 Å². The van der Waals surface area contributed by atoms with Crippen molar-refractivity contribution in [2.45, 2.75) is 185 Å². The van der Waals surface area contributed by atoms with Crippen LogP contribution in [-0.4, -0.2) is 120 Å². The van der Waals surface area contributed by atoms with Gasteiger partial charge < -0.3 is 33.9 Å². The van der Waals surface area contributed by atoms with Crippen molar-refractivity contribution >= 4 is 51.4 Å². The fourth-order valence-electron chi connectivity index (χ4n) is 11.5. The molecule has 4 saturated heterocycles. The average Bonchev–Trinajstić information content (AvgIpc) is 4.13. The number of ether oxygens (including phenoxy) is 5. The molecule has 416 valence electrons. The topological polar surface area (TPSA) is 172 Å². The number of benzene rings is 2. The summed E-state index contributed by atoms with van der Waals surface area (Å²) in [5.74, 6) is -1.07. The molecule has 4 atom stereocenters. The highest BCUT2D eigenvalue weighted by Crippen LogP contribution is 2.42. The molecule has 1 N–H and O–H groups in total. The lowest BCUT2D eigenvalue weighted by Crippen LogP contribution is -2.51. The standard InChI is InChI=1S/C59H75F3N6O9/c1-4-7-9-11-13-15-19-49(69)73-36-44(37-74-50(70)20-16-14-12-10-8-5-2)77-52(72)22-17-21-51(71)76-43-29-39-23-26-48(61)45(6-3)53(39)46(30-43)55-54(62)56-47(32-63-55)57(67-34-41-24-25-42(35-67)64-41)66-58(65-56)75-38-59-27-18-28-68(59)33-40(60)31-59/h3,23,26,29-30,32,40-42,44,64H,4-5,7-22,24-25,27-28,31,33-38H2,1-2H3/t40-,41?,42?,59+/m1/s1. The molecule has 2 aromatic carbocycles. The fourth-order valence-corrected chi connectivity index (χ4v) is 11.5. The van der Waals surface area contributed by atoms with E-state index in [1.54, 1.807) is 0 Å². The number of carbonyl (C=O) groups excluding carboxylic acids is 4. The Morgan fingerprint density at radius 1 is 0.818 bits per heavy atom. The molecule has 0 aliphatic carbocycles. The summed E-state index contributed by atoms with van der Waals surface area (Å²) < 4.78 is 76.5. The monoisotopic (exact) mass is 1070 g/mol. The van der Waals surface area contributed by atoms with Gasteiger partial charge >= 0.3 is 29.9 Å². The fraction of sp³-hybridized carbons (Fsp3) is 0.610. The van der Waals surface area contributed by atoms with Crippen molar-refractivity contribution in [3.05, 3.63) is 47.7 Å². The molecule has 4 aliphatic heterocycles. The molecule has 2 aromatic heterocycles. The SMILES string of the molecule is C#Cc1c(F)ccc2cc(OC(=O)CCCC(=O)OC(COC(=O)CCCCCCCC)COC(=O)CCCCCCCC)cc(-c3ncc4c(N5CC6CCC(C5)N6)nc(OC[C@@]56CCCN5C[C@H](F)C6)nc4c3F)c12. The number of hydrogen-bond donors (Lipinski definition) is 1. The number of halogens is 3. The summed E-state index contributed by atoms with van der Waals surface area (Å²) in [4.78, 5) is 70.2. The Kier molecular flexibility index (Phi) is 20.4. The number of pyridine rings is 1. The third kappa shape index (κ3) is 15.0. The van der Waals surface area contributed by atoms with Crippen LogP contribution < -0.4 is 19.7 Å². The van der Waals surface area contributed by atoms with Gasteiger partial charge in [0.05, 0.1) is 16.5 Å². The summed E-state index contributed by atoms with van der Waals surface area (Å²) in [5.41, 5.74) is -0.969. The second-order valence-corrected chi connectivity index (χ2v) is 21.4. The molecule has 4 aromatic rings. The number of carbonyl (C=O) groups is 4. The molecule has 2 bridgehead atoms. The molecule has 0 saturated carbocycles. The van der Waals surface area contributed by atoms with Gasteiger partial charge in [-0.05, 0) is 75.1 Å². The molecule has 2 unspecified atom stereocenters. The van der Waals surface area contributed by atoms with Gasteiger partial charge in [-0.2, -0.15) is 9.97 Å². The predicted molar refractivity (Wildman–Crippen MR) is 286 cm³/mol. The number of piperazine rings is 1. The van der Waals surface area contributed by atoms with Gasteiger partial charge in [-0.1, -0.05) is 90.0 Å². The molecule has 0 amide bonds. The van der Waals surface area contributed by atoms with Gasteiger partial charge in [-0.3, -0.25) is 29.1 Å². The van der Waals surface area contributed by atoms with E-state index in [4.69, 9.17) is 35.1 Å². The summed E-state index contributed by atoms with van der Waals surface area (Å²) in [6.45, 7) is 6.14. The quantitative estimate of drug-likeness (QED) is 0.0179. The molecule has 18 heteroatoms. The molecule has 4 aliphatic rings. The maximum atomic E-state index is 17.6. The Morgan fingerprint density at radius 2 is 1.47 bits per heavy atom. The van der Waals surface area contributed by atoms with Crippen LogP contribution in [0.3, 0.4) is 0 Å². The first-order valence-electron chi connectivity index (χ1n) is 28.2. The number of unbranched alkanes of at least 4 members (excludes halogenated alkanes) is 10. The number of aromatic nitrogens is 3. The first-order valence-corrected chi connectivity index (χ1v) is 28.2. The molecule has 6 heterocycles. The normalized spacial score (nSPS) is 19.9. The number of esters is 4. The maximum absolute atomic E-state index is 17.6. The van der Waals surface area contributed by atoms with E-state index in [9.17, 15) is 23.6 Å². The number of alkyl halides is 1. The number of nitrogens with zero attached hydrogens (tertiary/aromatic N) is 5. The Morgan fingerprint density at radius 3 is 2.14 bits per heavy atom. The van der Waals surface area contributed by atoms with Gasteiger partial charge in [0, 0.05) is 81.0 Å². The van der Waals surface area contributed by atoms with E-state index in [1.807, 2.05) is 0 Å². The van der Waals surface area contributed by atoms with Crippen LogP contribution in [0.1, 0.15) is 161 Å². The minimum absolute atomic E-state index is 0.00228. The van der Waals surface area contributed by atoms with Gasteiger partial charge in [0.2, 0.25) is 0 Å². The summed E-state index contributed by atoms with van der Waals surface area (Å²) in [6, 6.07) is 5.83. The number of hydrogen-bond acceptors (Lipinski definition) is 15. The Bertz CT molecular complexity index is 2710. The van der Waals surface area contributed by atoms with Crippen LogP contribution in [0.2, 0.25) is 0 Å². The van der Waals surface area contributed by atoms with Gasteiger partial charge in [-0.25, -0.2) is 13.2 Å². The lowest BCUT2D eigenvalue weighted by Gasteiger charge is -2.34. The highest BCUT2D eigenvalue weighted by atomic mass is 19.1. The number of anilines is 1. The zero-order valence-electron chi connectivity index (χ0n) is 44.8. The zero-order chi connectivity index (χ0) is 54.3. The lowest BCUT2D eigenvalue weighted by molar-refractivity contribution is -0.167. The smallest absolute Gasteiger partial charge is 0.319 e. The second-order valence-electron chi connectivity index (χ2n) is 21.4. The molecule has 4 fully saturated rings. The molecular weight excluding hydrogens is 994 g/mol. The van der Waals surface area contributed by atoms with Crippen molar-refractivity contribution in [1.29, 1.82) is 0 Å². The van der Waals surface area contributed by atoms with E-state index < -0.39 is 53.3 Å². The highest BCUT2D eigenvalue weighted by molar-refractivity contribution is 6.03. The molecule has 8 rings (SSSR count). The molecule has 0 radical (unpaired) electrons. The Hall–Kier alpha value is -6.06. The van der Waals surface area contributed by atoms with Gasteiger partial charge in [0.25, 0.3) is 0 Å². The van der Waals surface area contributed by atoms with Crippen molar-refractivity contribution in [3.8, 4) is 35.4 Å². The second kappa shape index (κ2) is 27.5. The van der Waals surface area contributed by atoms with Gasteiger partial charge in [-0.15, -0.1) is 6.42 Å². The third-order valence-electron chi connectivity index (χ3n) is 15.5. The predicted octanol–water partition coefficient (Wildman–Crippen LogP) is 10.6. The minimum Gasteiger partial charge on any atom is -0.462 e. The lowest BCUT2D eigenvalue weighted by atomic mass is 9.95. The number of terminal acetylenes is 1. The van der Waals surface area contributed by atoms with E-state index in [0.717, 1.165) is 96.4 Å². The van der Waals surface area contributed by atoms with Crippen LogP contribution >= 0.6 is 0 Å². The Balaban J connectivity index is 0.964. The van der Waals surface area contributed by atoms with Crippen molar-refractivity contribution in [1.82, 2.24) is 25.2 Å².